The molecular formula is C17H18N4O6S. The molecule has 1 aromatic carbocycles. The maximum absolute atomic E-state index is 12.2. The van der Waals surface area contributed by atoms with Crippen molar-refractivity contribution in [3.63, 3.8) is 0 Å². The van der Waals surface area contributed by atoms with Crippen LogP contribution in [0.2, 0.25) is 0 Å². The summed E-state index contributed by atoms with van der Waals surface area (Å²) in [5.74, 6) is -2.09. The van der Waals surface area contributed by atoms with E-state index >= 15 is 0 Å². The number of rotatable bonds is 9. The number of anilines is 1. The molecule has 0 fully saturated rings. The quantitative estimate of drug-likeness (QED) is 0.410. The number of para-hydroxylation sites is 1. The van der Waals surface area contributed by atoms with Crippen molar-refractivity contribution in [3.05, 3.63) is 45.9 Å². The van der Waals surface area contributed by atoms with E-state index in [1.54, 1.807) is 31.2 Å². The van der Waals surface area contributed by atoms with Crippen molar-refractivity contribution in [3.8, 4) is 0 Å². The van der Waals surface area contributed by atoms with E-state index in [1.807, 2.05) is 0 Å². The molecule has 10 nitrogen and oxygen atoms in total. The summed E-state index contributed by atoms with van der Waals surface area (Å²) in [4.78, 5) is 48.9. The van der Waals surface area contributed by atoms with E-state index in [0.717, 1.165) is 11.8 Å². The molecule has 1 amide bonds. The second-order valence-electron chi connectivity index (χ2n) is 5.40. The number of aryl methyl sites for hydroxylation is 1. The van der Waals surface area contributed by atoms with Crippen molar-refractivity contribution in [2.24, 2.45) is 0 Å². The third-order valence-electron chi connectivity index (χ3n) is 3.36. The Kier molecular flexibility index (Phi) is 7.69. The number of benzene rings is 1. The van der Waals surface area contributed by atoms with Crippen molar-refractivity contribution in [1.82, 2.24) is 15.2 Å². The van der Waals surface area contributed by atoms with Gasteiger partial charge in [0.2, 0.25) is 5.91 Å². The highest BCUT2D eigenvalue weighted by Gasteiger charge is 2.15. The molecule has 0 aliphatic heterocycles. The maximum atomic E-state index is 12.2. The molecule has 0 aliphatic rings. The van der Waals surface area contributed by atoms with E-state index in [4.69, 9.17) is 9.84 Å². The van der Waals surface area contributed by atoms with Crippen LogP contribution in [-0.2, 0) is 20.7 Å². The van der Waals surface area contributed by atoms with Crippen LogP contribution in [0.1, 0.15) is 29.4 Å². The van der Waals surface area contributed by atoms with Gasteiger partial charge in [-0.25, -0.2) is 4.79 Å². The average molecular weight is 406 g/mol. The molecule has 0 unspecified atom stereocenters. The highest BCUT2D eigenvalue weighted by atomic mass is 32.2. The number of thioether (sulfide) groups is 1. The van der Waals surface area contributed by atoms with Gasteiger partial charge in [0.1, 0.15) is 5.69 Å². The third-order valence-corrected chi connectivity index (χ3v) is 4.22. The molecule has 148 valence electrons. The normalized spacial score (nSPS) is 10.3. The van der Waals surface area contributed by atoms with Gasteiger partial charge in [-0.3, -0.25) is 19.4 Å². The Morgan fingerprint density at radius 3 is 2.68 bits per heavy atom. The van der Waals surface area contributed by atoms with E-state index in [1.165, 1.54) is 0 Å². The van der Waals surface area contributed by atoms with Gasteiger partial charge in [0, 0.05) is 6.42 Å². The molecule has 2 aromatic rings. The lowest BCUT2D eigenvalue weighted by Crippen LogP contribution is -2.20. The zero-order valence-electron chi connectivity index (χ0n) is 14.9. The number of aliphatic carboxylic acids is 1. The largest absolute Gasteiger partial charge is 0.481 e. The molecule has 1 heterocycles. The van der Waals surface area contributed by atoms with Crippen molar-refractivity contribution in [2.45, 2.75) is 24.9 Å². The first-order chi connectivity index (χ1) is 13.4. The van der Waals surface area contributed by atoms with Crippen molar-refractivity contribution in [2.75, 3.05) is 17.7 Å². The number of carbonyl (C=O) groups is 3. The monoisotopic (exact) mass is 406 g/mol. The van der Waals surface area contributed by atoms with Gasteiger partial charge in [-0.15, -0.1) is 10.2 Å². The summed E-state index contributed by atoms with van der Waals surface area (Å²) in [6, 6.07) is 6.44. The lowest BCUT2D eigenvalue weighted by molar-refractivity contribution is -0.137. The second-order valence-corrected chi connectivity index (χ2v) is 6.37. The Hall–Kier alpha value is -3.21. The van der Waals surface area contributed by atoms with Crippen LogP contribution in [-0.4, -0.2) is 50.5 Å². The number of carboxylic acids is 1. The van der Waals surface area contributed by atoms with Gasteiger partial charge in [-0.05, 0) is 19.1 Å². The fourth-order valence-corrected chi connectivity index (χ4v) is 2.70. The molecule has 28 heavy (non-hydrogen) atoms. The topological polar surface area (TPSA) is 151 Å². The molecule has 0 atom stereocenters. The van der Waals surface area contributed by atoms with Crippen LogP contribution >= 0.6 is 11.8 Å². The molecule has 3 N–H and O–H groups in total. The molecule has 0 radical (unpaired) electrons. The highest BCUT2D eigenvalue weighted by molar-refractivity contribution is 7.99. The number of carbonyl (C=O) groups excluding carboxylic acids is 2. The van der Waals surface area contributed by atoms with Gasteiger partial charge in [0.25, 0.3) is 5.56 Å². The smallest absolute Gasteiger partial charge is 0.340 e. The van der Waals surface area contributed by atoms with E-state index in [0.29, 0.717) is 5.69 Å². The number of hydrogen-bond acceptors (Lipinski definition) is 8. The lowest BCUT2D eigenvalue weighted by atomic mass is 10.2. The predicted octanol–water partition coefficient (Wildman–Crippen LogP) is 1.09. The van der Waals surface area contributed by atoms with Crippen LogP contribution in [0.4, 0.5) is 5.69 Å². The van der Waals surface area contributed by atoms with E-state index in [9.17, 15) is 19.2 Å². The van der Waals surface area contributed by atoms with Gasteiger partial charge in [-0.2, -0.15) is 0 Å². The minimum absolute atomic E-state index is 0.0135. The van der Waals surface area contributed by atoms with Crippen LogP contribution in [0.25, 0.3) is 0 Å². The molecular weight excluding hydrogens is 388 g/mol. The molecule has 0 saturated carbocycles. The van der Waals surface area contributed by atoms with E-state index in [-0.39, 0.29) is 41.6 Å². The molecule has 2 rings (SSSR count). The number of amides is 1. The average Bonchev–Trinajstić information content (AvgIpc) is 2.66. The van der Waals surface area contributed by atoms with Gasteiger partial charge < -0.3 is 15.2 Å². The van der Waals surface area contributed by atoms with Gasteiger partial charge >= 0.3 is 11.9 Å². The third kappa shape index (κ3) is 6.20. The summed E-state index contributed by atoms with van der Waals surface area (Å²) >= 11 is 0.946. The molecule has 0 spiro atoms. The Labute approximate surface area is 163 Å². The Morgan fingerprint density at radius 2 is 2.00 bits per heavy atom. The number of ether oxygens (including phenoxy) is 1. The Balaban J connectivity index is 1.96. The van der Waals surface area contributed by atoms with Crippen molar-refractivity contribution >= 4 is 35.3 Å². The number of carboxylic acid groups (broad SMARTS) is 1. The van der Waals surface area contributed by atoms with Gasteiger partial charge in [0.05, 0.1) is 30.0 Å². The first kappa shape index (κ1) is 21.1. The number of aromatic nitrogens is 3. The van der Waals surface area contributed by atoms with Crippen LogP contribution in [0, 0.1) is 0 Å². The summed E-state index contributed by atoms with van der Waals surface area (Å²) in [6.07, 6.45) is -0.264. The van der Waals surface area contributed by atoms with Crippen LogP contribution in [0.3, 0.4) is 0 Å². The number of nitrogens with one attached hydrogen (secondary N) is 2. The number of esters is 1. The minimum Gasteiger partial charge on any atom is -0.481 e. The standard InChI is InChI=1S/C17H18N4O6S/c1-2-27-16(26)10-5-3-4-6-11(10)18-13(22)9-28-17-19-15(25)12(20-21-17)7-8-14(23)24/h3-6H,2,7-9H2,1H3,(H,18,22)(H,23,24)(H,19,21,25). The molecule has 11 heteroatoms. The van der Waals surface area contributed by atoms with E-state index < -0.39 is 23.4 Å². The maximum Gasteiger partial charge on any atom is 0.340 e. The number of hydrogen-bond donors (Lipinski definition) is 3. The highest BCUT2D eigenvalue weighted by Crippen LogP contribution is 2.17. The summed E-state index contributed by atoms with van der Waals surface area (Å²) < 4.78 is 4.95. The zero-order chi connectivity index (χ0) is 20.5. The molecule has 0 bridgehead atoms. The Morgan fingerprint density at radius 1 is 1.25 bits per heavy atom. The second kappa shape index (κ2) is 10.2. The molecule has 1 aromatic heterocycles. The summed E-state index contributed by atoms with van der Waals surface area (Å²) in [5.41, 5.74) is 0.0141. The van der Waals surface area contributed by atoms with Crippen molar-refractivity contribution in [1.29, 1.82) is 0 Å². The number of aromatic amines is 1. The number of nitrogens with zero attached hydrogens (tertiary/aromatic N) is 2. The first-order valence-electron chi connectivity index (χ1n) is 8.27. The van der Waals surface area contributed by atoms with Crippen LogP contribution < -0.4 is 10.9 Å². The fraction of sp³-hybridized carbons (Fsp3) is 0.294. The summed E-state index contributed by atoms with van der Waals surface area (Å²) in [7, 11) is 0. The predicted molar refractivity (Wildman–Crippen MR) is 100 cm³/mol. The first-order valence-corrected chi connectivity index (χ1v) is 9.25. The number of H-pyrrole nitrogens is 1. The summed E-state index contributed by atoms with van der Waals surface area (Å²) in [6.45, 7) is 1.90. The van der Waals surface area contributed by atoms with Crippen LogP contribution in [0.15, 0.2) is 34.2 Å². The lowest BCUT2D eigenvalue weighted by Gasteiger charge is -2.10. The SMILES string of the molecule is CCOC(=O)c1ccccc1NC(=O)CSc1nnc(CCC(=O)O)c(=O)[nH]1. The zero-order valence-corrected chi connectivity index (χ0v) is 15.7. The Bertz CT molecular complexity index is 930. The minimum atomic E-state index is -1.04. The molecule has 0 saturated heterocycles. The van der Waals surface area contributed by atoms with Crippen molar-refractivity contribution < 1.29 is 24.2 Å². The van der Waals surface area contributed by atoms with Gasteiger partial charge in [0.15, 0.2) is 5.16 Å². The van der Waals surface area contributed by atoms with Gasteiger partial charge in [-0.1, -0.05) is 23.9 Å². The van der Waals surface area contributed by atoms with Crippen LogP contribution in [0.5, 0.6) is 0 Å². The summed E-state index contributed by atoms with van der Waals surface area (Å²) in [5, 5.41) is 18.8. The van der Waals surface area contributed by atoms with E-state index in [2.05, 4.69) is 20.5 Å². The molecule has 0 aliphatic carbocycles. The fourth-order valence-electron chi connectivity index (χ4n) is 2.10.